The summed E-state index contributed by atoms with van der Waals surface area (Å²) in [5.74, 6) is 2.17. The zero-order chi connectivity index (χ0) is 22.4. The van der Waals surface area contributed by atoms with Gasteiger partial charge in [-0.1, -0.05) is 6.07 Å². The molecule has 12 heteroatoms. The normalized spacial score (nSPS) is 27.4. The lowest BCUT2D eigenvalue weighted by Gasteiger charge is -2.26. The van der Waals surface area contributed by atoms with Crippen molar-refractivity contribution in [3.63, 3.8) is 0 Å². The van der Waals surface area contributed by atoms with Gasteiger partial charge in [-0.05, 0) is 18.6 Å². The predicted octanol–water partition coefficient (Wildman–Crippen LogP) is 0.158. The molecule has 0 saturated carbocycles. The Morgan fingerprint density at radius 1 is 1.31 bits per heavy atom. The Morgan fingerprint density at radius 2 is 2.16 bits per heavy atom. The summed E-state index contributed by atoms with van der Waals surface area (Å²) in [6, 6.07) is 6.06. The van der Waals surface area contributed by atoms with E-state index in [2.05, 4.69) is 26.3 Å². The Balaban J connectivity index is 1.43. The van der Waals surface area contributed by atoms with Crippen molar-refractivity contribution in [3.05, 3.63) is 30.1 Å². The lowest BCUT2D eigenvalue weighted by molar-refractivity contribution is -0.0511. The zero-order valence-corrected chi connectivity index (χ0v) is 18.1. The molecular formula is C20H24N6O5S. The van der Waals surface area contributed by atoms with Gasteiger partial charge in [0.15, 0.2) is 17.7 Å². The molecule has 2 aromatic heterocycles. The third kappa shape index (κ3) is 3.53. The van der Waals surface area contributed by atoms with Crippen LogP contribution in [0, 0.1) is 0 Å². The number of aliphatic hydroxyl groups is 3. The number of thioether (sulfide) groups is 1. The highest BCUT2D eigenvalue weighted by molar-refractivity contribution is 7.99. The molecule has 11 nitrogen and oxygen atoms in total. The van der Waals surface area contributed by atoms with Gasteiger partial charge in [-0.15, -0.1) is 11.8 Å². The quantitative estimate of drug-likeness (QED) is 0.353. The fraction of sp³-hybridized carbons (Fsp3) is 0.450. The zero-order valence-electron chi connectivity index (χ0n) is 17.3. The summed E-state index contributed by atoms with van der Waals surface area (Å²) in [6.45, 7) is -0.421. The number of nitrogens with zero attached hydrogens (tertiary/aromatic N) is 4. The van der Waals surface area contributed by atoms with Crippen LogP contribution >= 0.6 is 11.8 Å². The van der Waals surface area contributed by atoms with Gasteiger partial charge in [0.2, 0.25) is 5.95 Å². The van der Waals surface area contributed by atoms with E-state index in [1.165, 1.54) is 15.8 Å². The van der Waals surface area contributed by atoms with E-state index in [-0.39, 0.29) is 11.9 Å². The number of aromatic nitrogens is 4. The summed E-state index contributed by atoms with van der Waals surface area (Å²) >= 11 is 1.73. The smallest absolute Gasteiger partial charge is 0.227 e. The minimum absolute atomic E-state index is 0.0472. The molecular weight excluding hydrogens is 436 g/mol. The maximum absolute atomic E-state index is 10.4. The number of ether oxygens (including phenoxy) is 2. The van der Waals surface area contributed by atoms with Gasteiger partial charge in [0, 0.05) is 22.3 Å². The molecule has 1 unspecified atom stereocenters. The van der Waals surface area contributed by atoms with Crippen LogP contribution in [-0.4, -0.2) is 78.7 Å². The first kappa shape index (κ1) is 21.2. The number of nitrogen functional groups attached to an aromatic ring is 1. The standard InChI is InChI=1S/C20H24N6O5S/c1-30-11-3-2-4-13-10(11)5-9(7-32-13)23-20-24-17(21)14-18(25-20)26(8-22-14)19-16(29)15(28)12(6-27)31-19/h2-4,8-9,12,15-16,19,27-29H,5-7H2,1H3,(H3,21,23,24,25)/t9?,12-,15-,16-,19-/m1/s1. The van der Waals surface area contributed by atoms with E-state index >= 15 is 0 Å². The van der Waals surface area contributed by atoms with Crippen LogP contribution in [0.25, 0.3) is 11.2 Å². The number of fused-ring (bicyclic) bond motifs is 2. The lowest BCUT2D eigenvalue weighted by atomic mass is 10.1. The third-order valence-corrected chi connectivity index (χ3v) is 7.04. The van der Waals surface area contributed by atoms with Gasteiger partial charge in [-0.25, -0.2) is 4.98 Å². The summed E-state index contributed by atoms with van der Waals surface area (Å²) in [7, 11) is 1.66. The molecule has 2 aliphatic heterocycles. The largest absolute Gasteiger partial charge is 0.496 e. The molecule has 5 rings (SSSR count). The van der Waals surface area contributed by atoms with E-state index in [1.54, 1.807) is 18.9 Å². The molecule has 0 aliphatic carbocycles. The number of hydrogen-bond acceptors (Lipinski definition) is 11. The number of aliphatic hydroxyl groups excluding tert-OH is 3. The molecule has 3 aromatic rings. The van der Waals surface area contributed by atoms with Crippen molar-refractivity contribution >= 4 is 34.7 Å². The van der Waals surface area contributed by atoms with Crippen molar-refractivity contribution < 1.29 is 24.8 Å². The van der Waals surface area contributed by atoms with Crippen LogP contribution < -0.4 is 15.8 Å². The Labute approximate surface area is 187 Å². The number of nitrogens with two attached hydrogens (primary N) is 1. The Hall–Kier alpha value is -2.64. The lowest BCUT2D eigenvalue weighted by Crippen LogP contribution is -2.33. The summed E-state index contributed by atoms with van der Waals surface area (Å²) < 4.78 is 12.6. The maximum Gasteiger partial charge on any atom is 0.227 e. The van der Waals surface area contributed by atoms with Crippen LogP contribution in [0.2, 0.25) is 0 Å². The van der Waals surface area contributed by atoms with Gasteiger partial charge < -0.3 is 35.8 Å². The molecule has 0 bridgehead atoms. The van der Waals surface area contributed by atoms with E-state index in [0.29, 0.717) is 17.1 Å². The second kappa shape index (κ2) is 8.37. The average Bonchev–Trinajstić information content (AvgIpc) is 3.34. The van der Waals surface area contributed by atoms with Gasteiger partial charge >= 0.3 is 0 Å². The molecule has 1 aromatic carbocycles. The second-order valence-corrected chi connectivity index (χ2v) is 8.84. The fourth-order valence-electron chi connectivity index (χ4n) is 4.14. The maximum atomic E-state index is 10.4. The van der Waals surface area contributed by atoms with Crippen LogP contribution in [0.4, 0.5) is 11.8 Å². The third-order valence-electron chi connectivity index (χ3n) is 5.77. The van der Waals surface area contributed by atoms with Gasteiger partial charge in [-0.2, -0.15) is 9.97 Å². The van der Waals surface area contributed by atoms with E-state index in [1.807, 2.05) is 12.1 Å². The number of rotatable bonds is 5. The first-order valence-corrected chi connectivity index (χ1v) is 11.2. The van der Waals surface area contributed by atoms with Crippen LogP contribution in [0.1, 0.15) is 11.8 Å². The summed E-state index contributed by atoms with van der Waals surface area (Å²) in [6.07, 6.45) is -2.18. The SMILES string of the molecule is COc1cccc2c1CC(Nc1nc(N)c3ncn([C@@H]4O[C@H](CO)[C@@H](O)[C@H]4O)c3n1)CS2. The van der Waals surface area contributed by atoms with E-state index in [9.17, 15) is 15.3 Å². The highest BCUT2D eigenvalue weighted by Gasteiger charge is 2.44. The summed E-state index contributed by atoms with van der Waals surface area (Å²) in [5.41, 5.74) is 7.98. The predicted molar refractivity (Wildman–Crippen MR) is 118 cm³/mol. The van der Waals surface area contributed by atoms with Gasteiger partial charge in [0.1, 0.15) is 29.6 Å². The monoisotopic (exact) mass is 460 g/mol. The number of hydrogen-bond donors (Lipinski definition) is 5. The van der Waals surface area contributed by atoms with E-state index in [0.717, 1.165) is 23.5 Å². The molecule has 2 aliphatic rings. The molecule has 4 heterocycles. The molecule has 0 amide bonds. The molecule has 6 N–H and O–H groups in total. The van der Waals surface area contributed by atoms with Crippen LogP contribution in [0.3, 0.4) is 0 Å². The van der Waals surface area contributed by atoms with Crippen molar-refractivity contribution in [2.75, 3.05) is 30.5 Å². The molecule has 0 radical (unpaired) electrons. The Morgan fingerprint density at radius 3 is 2.91 bits per heavy atom. The molecule has 1 saturated heterocycles. The second-order valence-electron chi connectivity index (χ2n) is 7.78. The average molecular weight is 461 g/mol. The first-order valence-electron chi connectivity index (χ1n) is 10.2. The fourth-order valence-corrected chi connectivity index (χ4v) is 5.26. The van der Waals surface area contributed by atoms with Crippen LogP contribution in [-0.2, 0) is 11.2 Å². The van der Waals surface area contributed by atoms with Crippen molar-refractivity contribution in [1.29, 1.82) is 0 Å². The molecule has 32 heavy (non-hydrogen) atoms. The molecule has 1 fully saturated rings. The number of methoxy groups -OCH3 is 1. The molecule has 0 spiro atoms. The Kier molecular flexibility index (Phi) is 5.55. The van der Waals surface area contributed by atoms with Crippen molar-refractivity contribution in [2.24, 2.45) is 0 Å². The van der Waals surface area contributed by atoms with Crippen molar-refractivity contribution in [2.45, 2.75) is 41.9 Å². The van der Waals surface area contributed by atoms with Crippen LogP contribution in [0.15, 0.2) is 29.4 Å². The van der Waals surface area contributed by atoms with Gasteiger partial charge in [-0.3, -0.25) is 4.57 Å². The van der Waals surface area contributed by atoms with Crippen LogP contribution in [0.5, 0.6) is 5.75 Å². The molecule has 170 valence electrons. The summed E-state index contributed by atoms with van der Waals surface area (Å²) in [5, 5.41) is 33.2. The number of imidazole rings is 1. The molecule has 5 atom stereocenters. The first-order chi connectivity index (χ1) is 15.5. The van der Waals surface area contributed by atoms with Crippen molar-refractivity contribution in [3.8, 4) is 5.75 Å². The topological polar surface area (TPSA) is 161 Å². The minimum Gasteiger partial charge on any atom is -0.496 e. The van der Waals surface area contributed by atoms with E-state index < -0.39 is 31.1 Å². The van der Waals surface area contributed by atoms with Gasteiger partial charge in [0.25, 0.3) is 0 Å². The van der Waals surface area contributed by atoms with E-state index in [4.69, 9.17) is 15.2 Å². The number of anilines is 2. The minimum atomic E-state index is -1.25. The highest BCUT2D eigenvalue weighted by atomic mass is 32.2. The summed E-state index contributed by atoms with van der Waals surface area (Å²) in [4.78, 5) is 14.3. The number of nitrogens with one attached hydrogen (secondary N) is 1. The van der Waals surface area contributed by atoms with Crippen molar-refractivity contribution in [1.82, 2.24) is 19.5 Å². The Bertz CT molecular complexity index is 1130. The highest BCUT2D eigenvalue weighted by Crippen LogP contribution is 2.37. The number of benzene rings is 1. The van der Waals surface area contributed by atoms with Gasteiger partial charge in [0.05, 0.1) is 20.0 Å².